The third-order valence-electron chi connectivity index (χ3n) is 8.60. The number of rotatable bonds is 6. The third-order valence-corrected chi connectivity index (χ3v) is 8.60. The lowest BCUT2D eigenvalue weighted by Gasteiger charge is -2.40. The Hall–Kier alpha value is -3.05. The second kappa shape index (κ2) is 10.8. The average molecular weight is 531 g/mol. The molecule has 0 saturated carbocycles. The van der Waals surface area contributed by atoms with Crippen LogP contribution in [-0.2, 0) is 22.6 Å². The van der Waals surface area contributed by atoms with E-state index in [0.717, 1.165) is 124 Å². The standard InChI is InChI=1S/C29H38N8O2/c1-2-37-25(20-34-10-12-35(13-11-34)21-7-16-38-17-8-21)31-26-28(36-14-18-39-19-15-36)32-27(33-29(26)37)23-4-3-5-24-22(23)6-9-30-24/h3-6,9,21,30H,2,7-8,10-20H2,1H3. The summed E-state index contributed by atoms with van der Waals surface area (Å²) >= 11 is 0. The minimum atomic E-state index is 0.676. The highest BCUT2D eigenvalue weighted by Crippen LogP contribution is 2.32. The number of anilines is 1. The van der Waals surface area contributed by atoms with E-state index in [2.05, 4.69) is 55.4 Å². The topological polar surface area (TPSA) is 87.6 Å². The van der Waals surface area contributed by atoms with Gasteiger partial charge in [0.15, 0.2) is 22.8 Å². The Morgan fingerprint density at radius 3 is 2.49 bits per heavy atom. The fraction of sp³-hybridized carbons (Fsp3) is 0.552. The fourth-order valence-corrected chi connectivity index (χ4v) is 6.42. The zero-order valence-corrected chi connectivity index (χ0v) is 22.8. The molecule has 10 heteroatoms. The normalized spacial score (nSPS) is 20.4. The summed E-state index contributed by atoms with van der Waals surface area (Å²) in [5.41, 5.74) is 3.96. The number of ether oxygens (including phenoxy) is 2. The number of nitrogens with one attached hydrogen (secondary N) is 1. The molecule has 0 spiro atoms. The average Bonchev–Trinajstić information content (AvgIpc) is 3.62. The van der Waals surface area contributed by atoms with Crippen molar-refractivity contribution >= 4 is 27.9 Å². The number of benzene rings is 1. The summed E-state index contributed by atoms with van der Waals surface area (Å²) in [5.74, 6) is 2.75. The number of morpholine rings is 1. The van der Waals surface area contributed by atoms with E-state index in [4.69, 9.17) is 24.4 Å². The maximum Gasteiger partial charge on any atom is 0.166 e. The number of aromatic amines is 1. The van der Waals surface area contributed by atoms with Crippen LogP contribution in [0.1, 0.15) is 25.6 Å². The second-order valence-electron chi connectivity index (χ2n) is 10.8. The minimum Gasteiger partial charge on any atom is -0.381 e. The number of nitrogens with zero attached hydrogens (tertiary/aromatic N) is 7. The Bertz CT molecular complexity index is 1430. The quantitative estimate of drug-likeness (QED) is 0.407. The van der Waals surface area contributed by atoms with Crippen molar-refractivity contribution in [3.05, 3.63) is 36.3 Å². The van der Waals surface area contributed by atoms with Gasteiger partial charge in [0.1, 0.15) is 5.82 Å². The number of hydrogen-bond acceptors (Lipinski definition) is 8. The van der Waals surface area contributed by atoms with Gasteiger partial charge in [0.2, 0.25) is 0 Å². The summed E-state index contributed by atoms with van der Waals surface area (Å²) < 4.78 is 13.5. The molecule has 10 nitrogen and oxygen atoms in total. The molecule has 1 N–H and O–H groups in total. The van der Waals surface area contributed by atoms with Gasteiger partial charge in [0, 0.05) is 87.7 Å². The predicted molar refractivity (Wildman–Crippen MR) is 152 cm³/mol. The van der Waals surface area contributed by atoms with Gasteiger partial charge in [0.05, 0.1) is 19.8 Å². The van der Waals surface area contributed by atoms with E-state index in [9.17, 15) is 0 Å². The van der Waals surface area contributed by atoms with E-state index >= 15 is 0 Å². The molecule has 0 radical (unpaired) electrons. The van der Waals surface area contributed by atoms with Crippen molar-refractivity contribution in [2.45, 2.75) is 38.9 Å². The molecule has 0 amide bonds. The van der Waals surface area contributed by atoms with Crippen molar-refractivity contribution in [2.75, 3.05) is 70.6 Å². The lowest BCUT2D eigenvalue weighted by atomic mass is 10.1. The van der Waals surface area contributed by atoms with Gasteiger partial charge in [-0.15, -0.1) is 0 Å². The van der Waals surface area contributed by atoms with Crippen LogP contribution in [-0.4, -0.2) is 106 Å². The molecule has 0 unspecified atom stereocenters. The molecule has 6 heterocycles. The summed E-state index contributed by atoms with van der Waals surface area (Å²) in [7, 11) is 0. The Labute approximate surface area is 228 Å². The fourth-order valence-electron chi connectivity index (χ4n) is 6.42. The van der Waals surface area contributed by atoms with Crippen LogP contribution in [0.2, 0.25) is 0 Å². The highest BCUT2D eigenvalue weighted by atomic mass is 16.5. The first-order valence-corrected chi connectivity index (χ1v) is 14.5. The van der Waals surface area contributed by atoms with Gasteiger partial charge in [-0.05, 0) is 31.9 Å². The Morgan fingerprint density at radius 2 is 1.69 bits per heavy atom. The molecule has 4 aromatic rings. The summed E-state index contributed by atoms with van der Waals surface area (Å²) in [6, 6.07) is 9.06. The summed E-state index contributed by atoms with van der Waals surface area (Å²) in [4.78, 5) is 26.4. The van der Waals surface area contributed by atoms with Crippen LogP contribution in [0.4, 0.5) is 5.82 Å². The van der Waals surface area contributed by atoms with Gasteiger partial charge < -0.3 is 23.9 Å². The molecule has 3 fully saturated rings. The number of H-pyrrole nitrogens is 1. The second-order valence-corrected chi connectivity index (χ2v) is 10.8. The van der Waals surface area contributed by atoms with Gasteiger partial charge in [0.25, 0.3) is 0 Å². The number of piperazine rings is 1. The van der Waals surface area contributed by atoms with E-state index in [1.165, 1.54) is 0 Å². The molecular formula is C29H38N8O2. The van der Waals surface area contributed by atoms with Crippen molar-refractivity contribution in [2.24, 2.45) is 0 Å². The van der Waals surface area contributed by atoms with E-state index < -0.39 is 0 Å². The molecule has 0 bridgehead atoms. The first kappa shape index (κ1) is 25.0. The highest BCUT2D eigenvalue weighted by Gasteiger charge is 2.28. The van der Waals surface area contributed by atoms with E-state index in [0.29, 0.717) is 19.3 Å². The van der Waals surface area contributed by atoms with Gasteiger partial charge in [-0.3, -0.25) is 9.80 Å². The maximum atomic E-state index is 5.67. The van der Waals surface area contributed by atoms with Crippen LogP contribution in [0.3, 0.4) is 0 Å². The number of fused-ring (bicyclic) bond motifs is 2. The van der Waals surface area contributed by atoms with Crippen LogP contribution in [0, 0.1) is 0 Å². The van der Waals surface area contributed by atoms with Crippen molar-refractivity contribution in [3.63, 3.8) is 0 Å². The van der Waals surface area contributed by atoms with E-state index in [1.54, 1.807) is 0 Å². The van der Waals surface area contributed by atoms with Crippen molar-refractivity contribution < 1.29 is 9.47 Å². The first-order valence-electron chi connectivity index (χ1n) is 14.5. The van der Waals surface area contributed by atoms with Crippen LogP contribution >= 0.6 is 0 Å². The number of hydrogen-bond donors (Lipinski definition) is 1. The van der Waals surface area contributed by atoms with E-state index in [-0.39, 0.29) is 0 Å². The lowest BCUT2D eigenvalue weighted by molar-refractivity contribution is 0.0121. The maximum absolute atomic E-state index is 5.67. The SMILES string of the molecule is CCn1c(CN2CCN(C3CCOCC3)CC2)nc2c(N3CCOCC3)nc(-c3cccc4[nH]ccc34)nc21. The molecule has 7 rings (SSSR count). The zero-order valence-electron chi connectivity index (χ0n) is 22.8. The third kappa shape index (κ3) is 4.80. The van der Waals surface area contributed by atoms with Gasteiger partial charge in [-0.25, -0.2) is 15.0 Å². The molecule has 206 valence electrons. The smallest absolute Gasteiger partial charge is 0.166 e. The molecule has 1 aromatic carbocycles. The van der Waals surface area contributed by atoms with E-state index in [1.807, 2.05) is 6.20 Å². The zero-order chi connectivity index (χ0) is 26.2. The van der Waals surface area contributed by atoms with Crippen LogP contribution in [0.5, 0.6) is 0 Å². The molecular weight excluding hydrogens is 492 g/mol. The largest absolute Gasteiger partial charge is 0.381 e. The number of aromatic nitrogens is 5. The molecule has 0 atom stereocenters. The Balaban J connectivity index is 1.23. The Morgan fingerprint density at radius 1 is 0.897 bits per heavy atom. The molecule has 3 aliphatic rings. The number of aryl methyl sites for hydroxylation is 1. The monoisotopic (exact) mass is 530 g/mol. The van der Waals surface area contributed by atoms with Crippen LogP contribution < -0.4 is 4.90 Å². The molecule has 3 saturated heterocycles. The minimum absolute atomic E-state index is 0.676. The van der Waals surface area contributed by atoms with Gasteiger partial charge in [-0.1, -0.05) is 12.1 Å². The first-order chi connectivity index (χ1) is 19.3. The molecule has 3 aromatic heterocycles. The van der Waals surface area contributed by atoms with Gasteiger partial charge in [-0.2, -0.15) is 0 Å². The molecule has 3 aliphatic heterocycles. The highest BCUT2D eigenvalue weighted by molar-refractivity contribution is 5.95. The van der Waals surface area contributed by atoms with Crippen LogP contribution in [0.15, 0.2) is 30.5 Å². The van der Waals surface area contributed by atoms with Gasteiger partial charge >= 0.3 is 0 Å². The Kier molecular flexibility index (Phi) is 6.94. The van der Waals surface area contributed by atoms with Crippen molar-refractivity contribution in [3.8, 4) is 11.4 Å². The molecule has 39 heavy (non-hydrogen) atoms. The van der Waals surface area contributed by atoms with Crippen molar-refractivity contribution in [1.29, 1.82) is 0 Å². The molecule has 0 aliphatic carbocycles. The van der Waals surface area contributed by atoms with Crippen LogP contribution in [0.25, 0.3) is 33.5 Å². The predicted octanol–water partition coefficient (Wildman–Crippen LogP) is 3.13. The number of imidazole rings is 1. The van der Waals surface area contributed by atoms with Crippen molar-refractivity contribution in [1.82, 2.24) is 34.3 Å². The summed E-state index contributed by atoms with van der Waals surface area (Å²) in [5, 5.41) is 1.13. The summed E-state index contributed by atoms with van der Waals surface area (Å²) in [6.45, 7) is 13.0. The lowest BCUT2D eigenvalue weighted by Crippen LogP contribution is -2.51. The summed E-state index contributed by atoms with van der Waals surface area (Å²) in [6.07, 6.45) is 4.30.